The number of urea groups is 1. The Balaban J connectivity index is 2.34. The molecule has 0 aromatic rings. The number of carboxylic acids is 1. The Bertz CT molecular complexity index is 331. The fraction of sp³-hybridized carbons (Fsp3) is 0.833. The molecule has 1 saturated heterocycles. The third-order valence-electron chi connectivity index (χ3n) is 3.05. The largest absolute Gasteiger partial charge is 0.480 e. The number of hydrogen-bond donors (Lipinski definition) is 4. The maximum absolute atomic E-state index is 11.7. The lowest BCUT2D eigenvalue weighted by Gasteiger charge is -2.29. The van der Waals surface area contributed by atoms with Crippen LogP contribution in [0.15, 0.2) is 0 Å². The van der Waals surface area contributed by atoms with Gasteiger partial charge in [-0.05, 0) is 13.8 Å². The minimum atomic E-state index is -1.31. The topological polar surface area (TPSA) is 111 Å². The third kappa shape index (κ3) is 5.72. The molecule has 0 aromatic heterocycles. The van der Waals surface area contributed by atoms with Gasteiger partial charge in [0.25, 0.3) is 0 Å². The number of morpholine rings is 1. The molecule has 3 unspecified atom stereocenters. The number of ether oxygens (including phenoxy) is 1. The highest BCUT2D eigenvalue weighted by Crippen LogP contribution is 1.99. The van der Waals surface area contributed by atoms with E-state index in [1.165, 1.54) is 6.92 Å². The van der Waals surface area contributed by atoms with Crippen molar-refractivity contribution >= 4 is 12.0 Å². The molecule has 1 heterocycles. The van der Waals surface area contributed by atoms with Gasteiger partial charge in [-0.25, -0.2) is 9.59 Å². The number of carbonyl (C=O) groups is 2. The zero-order valence-electron chi connectivity index (χ0n) is 11.8. The van der Waals surface area contributed by atoms with Gasteiger partial charge in [-0.2, -0.15) is 0 Å². The molecular weight excluding hydrogens is 266 g/mol. The average Bonchev–Trinajstić information content (AvgIpc) is 2.36. The number of carbonyl (C=O) groups excluding carboxylic acids is 1. The second kappa shape index (κ2) is 8.03. The zero-order valence-corrected chi connectivity index (χ0v) is 11.8. The maximum atomic E-state index is 11.7. The van der Waals surface area contributed by atoms with Gasteiger partial charge in [0.05, 0.1) is 19.3 Å². The fourth-order valence-corrected chi connectivity index (χ4v) is 2.01. The zero-order chi connectivity index (χ0) is 15.1. The highest BCUT2D eigenvalue weighted by Gasteiger charge is 2.25. The Morgan fingerprint density at radius 2 is 1.85 bits per heavy atom. The van der Waals surface area contributed by atoms with Crippen LogP contribution in [0.1, 0.15) is 13.8 Å². The van der Waals surface area contributed by atoms with Crippen molar-refractivity contribution in [3.63, 3.8) is 0 Å². The lowest BCUT2D eigenvalue weighted by molar-refractivity contribution is -0.141. The van der Waals surface area contributed by atoms with Crippen LogP contribution in [0.5, 0.6) is 0 Å². The lowest BCUT2D eigenvalue weighted by Crippen LogP contribution is -2.54. The Hall–Kier alpha value is -1.38. The van der Waals surface area contributed by atoms with Crippen molar-refractivity contribution in [1.29, 1.82) is 0 Å². The van der Waals surface area contributed by atoms with E-state index in [-0.39, 0.29) is 6.04 Å². The van der Waals surface area contributed by atoms with Crippen LogP contribution < -0.4 is 10.6 Å². The fourth-order valence-electron chi connectivity index (χ4n) is 2.01. The van der Waals surface area contributed by atoms with Crippen LogP contribution in [0, 0.1) is 0 Å². The molecule has 8 nitrogen and oxygen atoms in total. The molecule has 3 atom stereocenters. The first-order valence-corrected chi connectivity index (χ1v) is 6.68. The number of rotatable bonds is 6. The van der Waals surface area contributed by atoms with Gasteiger partial charge in [0, 0.05) is 25.7 Å². The monoisotopic (exact) mass is 289 g/mol. The van der Waals surface area contributed by atoms with Crippen LogP contribution in [-0.2, 0) is 9.53 Å². The standard InChI is InChI=1S/C12H23N3O5/c1-8(7-15-3-5-20-6-4-15)13-12(19)14-10(9(2)16)11(17)18/h8-10,16H,3-7H2,1-2H3,(H,17,18)(H2,13,14,19). The molecule has 20 heavy (non-hydrogen) atoms. The molecule has 4 N–H and O–H groups in total. The van der Waals surface area contributed by atoms with Gasteiger partial charge in [0.2, 0.25) is 0 Å². The summed E-state index contributed by atoms with van der Waals surface area (Å²) >= 11 is 0. The summed E-state index contributed by atoms with van der Waals surface area (Å²) in [6.45, 7) is 6.83. The summed E-state index contributed by atoms with van der Waals surface area (Å²) in [5, 5.41) is 23.0. The van der Waals surface area contributed by atoms with Crippen molar-refractivity contribution < 1.29 is 24.5 Å². The summed E-state index contributed by atoms with van der Waals surface area (Å²) in [5.74, 6) is -1.27. The summed E-state index contributed by atoms with van der Waals surface area (Å²) in [4.78, 5) is 24.7. The highest BCUT2D eigenvalue weighted by molar-refractivity contribution is 5.83. The Morgan fingerprint density at radius 1 is 1.25 bits per heavy atom. The van der Waals surface area contributed by atoms with E-state index < -0.39 is 24.1 Å². The predicted octanol–water partition coefficient (Wildman–Crippen LogP) is -1.16. The molecule has 1 aliphatic rings. The second-order valence-corrected chi connectivity index (χ2v) is 4.99. The second-order valence-electron chi connectivity index (χ2n) is 4.99. The van der Waals surface area contributed by atoms with Crippen LogP contribution in [0.4, 0.5) is 4.79 Å². The molecule has 1 rings (SSSR count). The normalized spacial score (nSPS) is 20.8. The van der Waals surface area contributed by atoms with E-state index in [1.54, 1.807) is 0 Å². The first-order valence-electron chi connectivity index (χ1n) is 6.68. The molecule has 0 radical (unpaired) electrons. The van der Waals surface area contributed by atoms with Crippen LogP contribution in [0.25, 0.3) is 0 Å². The lowest BCUT2D eigenvalue weighted by atomic mass is 10.2. The molecule has 1 fully saturated rings. The van der Waals surface area contributed by atoms with Gasteiger partial charge in [-0.15, -0.1) is 0 Å². The van der Waals surface area contributed by atoms with Crippen LogP contribution in [-0.4, -0.2) is 78.1 Å². The van der Waals surface area contributed by atoms with E-state index in [4.69, 9.17) is 9.84 Å². The number of amides is 2. The van der Waals surface area contributed by atoms with E-state index in [0.29, 0.717) is 19.8 Å². The van der Waals surface area contributed by atoms with E-state index in [9.17, 15) is 14.7 Å². The van der Waals surface area contributed by atoms with Crippen molar-refractivity contribution in [2.45, 2.75) is 32.0 Å². The van der Waals surface area contributed by atoms with Crippen molar-refractivity contribution in [3.8, 4) is 0 Å². The molecule has 2 amide bonds. The summed E-state index contributed by atoms with van der Waals surface area (Å²) in [6, 6.07) is -2.04. The summed E-state index contributed by atoms with van der Waals surface area (Å²) in [7, 11) is 0. The van der Waals surface area contributed by atoms with Crippen LogP contribution in [0.2, 0.25) is 0 Å². The van der Waals surface area contributed by atoms with Gasteiger partial charge >= 0.3 is 12.0 Å². The van der Waals surface area contributed by atoms with E-state index >= 15 is 0 Å². The van der Waals surface area contributed by atoms with E-state index in [0.717, 1.165) is 13.1 Å². The number of aliphatic carboxylic acids is 1. The number of hydrogen-bond acceptors (Lipinski definition) is 5. The van der Waals surface area contributed by atoms with Crippen molar-refractivity contribution in [2.75, 3.05) is 32.8 Å². The molecule has 0 aromatic carbocycles. The Labute approximate surface area is 118 Å². The Morgan fingerprint density at radius 3 is 2.35 bits per heavy atom. The molecule has 0 spiro atoms. The van der Waals surface area contributed by atoms with Gasteiger partial charge in [-0.1, -0.05) is 0 Å². The molecule has 0 bridgehead atoms. The van der Waals surface area contributed by atoms with E-state index in [2.05, 4.69) is 15.5 Å². The van der Waals surface area contributed by atoms with Gasteiger partial charge in [0.15, 0.2) is 6.04 Å². The number of carboxylic acid groups (broad SMARTS) is 1. The maximum Gasteiger partial charge on any atom is 0.328 e. The van der Waals surface area contributed by atoms with Crippen molar-refractivity contribution in [2.24, 2.45) is 0 Å². The average molecular weight is 289 g/mol. The first kappa shape index (κ1) is 16.7. The van der Waals surface area contributed by atoms with Gasteiger partial charge < -0.3 is 25.6 Å². The highest BCUT2D eigenvalue weighted by atomic mass is 16.5. The van der Waals surface area contributed by atoms with Gasteiger partial charge in [0.1, 0.15) is 0 Å². The summed E-state index contributed by atoms with van der Waals surface area (Å²) in [5.41, 5.74) is 0. The number of aliphatic hydroxyl groups excluding tert-OH is 1. The molecule has 116 valence electrons. The predicted molar refractivity (Wildman–Crippen MR) is 71.5 cm³/mol. The molecular formula is C12H23N3O5. The van der Waals surface area contributed by atoms with Crippen LogP contribution >= 0.6 is 0 Å². The quantitative estimate of drug-likeness (QED) is 0.491. The smallest absolute Gasteiger partial charge is 0.328 e. The number of aliphatic hydroxyl groups is 1. The SMILES string of the molecule is CC(CN1CCOCC1)NC(=O)NC(C(=O)O)C(C)O. The minimum Gasteiger partial charge on any atom is -0.480 e. The first-order chi connectivity index (χ1) is 9.40. The number of nitrogens with one attached hydrogen (secondary N) is 2. The van der Waals surface area contributed by atoms with Crippen molar-refractivity contribution in [3.05, 3.63) is 0 Å². The van der Waals surface area contributed by atoms with Crippen LogP contribution in [0.3, 0.4) is 0 Å². The molecule has 0 saturated carbocycles. The molecule has 1 aliphatic heterocycles. The number of nitrogens with zero attached hydrogens (tertiary/aromatic N) is 1. The summed E-state index contributed by atoms with van der Waals surface area (Å²) < 4.78 is 5.23. The third-order valence-corrected chi connectivity index (χ3v) is 3.05. The molecule has 8 heteroatoms. The summed E-state index contributed by atoms with van der Waals surface area (Å²) in [6.07, 6.45) is -1.16. The molecule has 0 aliphatic carbocycles. The van der Waals surface area contributed by atoms with Crippen molar-refractivity contribution in [1.82, 2.24) is 15.5 Å². The Kier molecular flexibility index (Phi) is 6.69. The minimum absolute atomic E-state index is 0.128. The van der Waals surface area contributed by atoms with Gasteiger partial charge in [-0.3, -0.25) is 4.90 Å². The van der Waals surface area contributed by atoms with E-state index in [1.807, 2.05) is 6.92 Å².